The zero-order valence-electron chi connectivity index (χ0n) is 27.4. The minimum atomic E-state index is -4.09. The first-order valence-electron chi connectivity index (χ1n) is 16.9. The third kappa shape index (κ3) is 5.17. The number of fused-ring (bicyclic) bond motifs is 6. The van der Waals surface area contributed by atoms with E-state index in [4.69, 9.17) is 9.47 Å². The molecule has 0 spiro atoms. The molecule has 6 rings (SSSR count). The second-order valence-corrected chi connectivity index (χ2v) is 18.1. The zero-order valence-corrected chi connectivity index (χ0v) is 28.2. The highest BCUT2D eigenvalue weighted by Gasteiger charge is 2.68. The monoisotopic (exact) mass is 631 g/mol. The van der Waals surface area contributed by atoms with Gasteiger partial charge in [0.05, 0.1) is 23.7 Å². The summed E-state index contributed by atoms with van der Waals surface area (Å²) in [5.41, 5.74) is 0.491. The van der Waals surface area contributed by atoms with E-state index in [9.17, 15) is 23.4 Å². The zero-order chi connectivity index (χ0) is 31.9. The second-order valence-electron chi connectivity index (χ2n) is 16.4. The number of benzene rings is 1. The molecule has 4 unspecified atom stereocenters. The lowest BCUT2D eigenvalue weighted by molar-refractivity contribution is -0.225. The molecule has 246 valence electrons. The Labute approximate surface area is 263 Å². The summed E-state index contributed by atoms with van der Waals surface area (Å²) in [7, 11) is -4.09. The van der Waals surface area contributed by atoms with Gasteiger partial charge in [0.15, 0.2) is 0 Å². The third-order valence-corrected chi connectivity index (χ3v) is 14.8. The van der Waals surface area contributed by atoms with E-state index in [1.165, 1.54) is 6.07 Å². The number of carbonyl (C=O) groups is 1. The normalized spacial score (nSPS) is 41.6. The van der Waals surface area contributed by atoms with Gasteiger partial charge in [-0.25, -0.2) is 17.9 Å². The van der Waals surface area contributed by atoms with E-state index < -0.39 is 16.1 Å². The van der Waals surface area contributed by atoms with Crippen LogP contribution in [0.3, 0.4) is 0 Å². The second kappa shape index (κ2) is 10.9. The van der Waals surface area contributed by atoms with Gasteiger partial charge in [-0.05, 0) is 142 Å². The highest BCUT2D eigenvalue weighted by atomic mass is 32.2. The van der Waals surface area contributed by atoms with Gasteiger partial charge < -0.3 is 19.7 Å². The lowest BCUT2D eigenvalue weighted by Crippen LogP contribution is -2.64. The number of sulfonamides is 1. The Morgan fingerprint density at radius 1 is 1.00 bits per heavy atom. The third-order valence-electron chi connectivity index (χ3n) is 13.5. The highest BCUT2D eigenvalue weighted by Crippen LogP contribution is 2.72. The van der Waals surface area contributed by atoms with Crippen LogP contribution in [0.15, 0.2) is 23.1 Å². The number of amides is 1. The standard InChI is InChI=1S/C35H53NO7S/c1-21(20-42-31(39)36-44(40,41)25-7-9-27-22(17-25)11-14-32(2,3)43-27)26-8-10-28-34(26,5)16-13-29-33(4)15-12-24(37)18-23(33)19-30(38)35(28,29)6/h7,9,17,21,23-24,26,28-30,37-38H,8,10-16,18-20H2,1-6H3,(H,36,39)/t21-,23?,24-,26?,28-,29-,30-,33?,34?,35+/m1/s1. The molecule has 1 heterocycles. The van der Waals surface area contributed by atoms with E-state index in [0.29, 0.717) is 35.8 Å². The molecule has 3 N–H and O–H groups in total. The SMILES string of the molecule is C[C@H](COC(=O)NS(=O)(=O)c1ccc2c(c1)CCC(C)(C)O2)C1CC[C@@H]2C1(C)CC[C@@H]1C3(C)CC[C@@H](O)CC3C[C@@H](O)[C@]12C. The fourth-order valence-electron chi connectivity index (χ4n) is 11.2. The van der Waals surface area contributed by atoms with Gasteiger partial charge in [-0.1, -0.05) is 27.7 Å². The van der Waals surface area contributed by atoms with Crippen LogP contribution < -0.4 is 9.46 Å². The molecule has 5 aliphatic rings. The van der Waals surface area contributed by atoms with Gasteiger partial charge >= 0.3 is 6.09 Å². The van der Waals surface area contributed by atoms with Crippen LogP contribution in [0.1, 0.15) is 105 Å². The topological polar surface area (TPSA) is 122 Å². The fourth-order valence-corrected chi connectivity index (χ4v) is 12.1. The number of aliphatic hydroxyl groups excluding tert-OH is 2. The van der Waals surface area contributed by atoms with E-state index in [2.05, 4.69) is 32.4 Å². The summed E-state index contributed by atoms with van der Waals surface area (Å²) in [5.74, 6) is 2.20. The van der Waals surface area contributed by atoms with Crippen molar-refractivity contribution < 1.29 is 32.9 Å². The molecule has 10 atom stereocenters. The molecular formula is C35H53NO7S. The van der Waals surface area contributed by atoms with Crippen LogP contribution in [0.25, 0.3) is 0 Å². The molecule has 4 aliphatic carbocycles. The lowest BCUT2D eigenvalue weighted by atomic mass is 9.38. The smallest absolute Gasteiger partial charge is 0.421 e. The maximum absolute atomic E-state index is 13.0. The minimum absolute atomic E-state index is 0.00864. The van der Waals surface area contributed by atoms with Crippen molar-refractivity contribution in [2.24, 2.45) is 45.8 Å². The average Bonchev–Trinajstić information content (AvgIpc) is 3.30. The number of aliphatic hydroxyl groups is 2. The van der Waals surface area contributed by atoms with Crippen LogP contribution in [-0.4, -0.2) is 49.1 Å². The van der Waals surface area contributed by atoms with Crippen LogP contribution >= 0.6 is 0 Å². The summed E-state index contributed by atoms with van der Waals surface area (Å²) in [6.45, 7) is 13.4. The Morgan fingerprint density at radius 2 is 1.70 bits per heavy atom. The fraction of sp³-hybridized carbons (Fsp3) is 0.800. The predicted molar refractivity (Wildman–Crippen MR) is 168 cm³/mol. The van der Waals surface area contributed by atoms with Gasteiger partial charge in [0.25, 0.3) is 10.0 Å². The van der Waals surface area contributed by atoms with Gasteiger partial charge in [0, 0.05) is 5.41 Å². The Kier molecular flexibility index (Phi) is 7.93. The first kappa shape index (κ1) is 32.1. The molecule has 4 fully saturated rings. The molecule has 1 amide bonds. The number of ether oxygens (including phenoxy) is 2. The lowest BCUT2D eigenvalue weighted by Gasteiger charge is -2.67. The summed E-state index contributed by atoms with van der Waals surface area (Å²) >= 11 is 0. The molecule has 0 bridgehead atoms. The van der Waals surface area contributed by atoms with E-state index in [0.717, 1.165) is 63.4 Å². The number of aryl methyl sites for hydroxylation is 1. The largest absolute Gasteiger partial charge is 0.488 e. The summed E-state index contributed by atoms with van der Waals surface area (Å²) in [6.07, 6.45) is 7.52. The molecule has 1 aliphatic heterocycles. The molecular weight excluding hydrogens is 578 g/mol. The van der Waals surface area contributed by atoms with Crippen molar-refractivity contribution in [2.75, 3.05) is 6.61 Å². The number of hydrogen-bond acceptors (Lipinski definition) is 7. The Balaban J connectivity index is 1.10. The van der Waals surface area contributed by atoms with Gasteiger partial charge in [0.1, 0.15) is 11.4 Å². The van der Waals surface area contributed by atoms with Gasteiger partial charge in [-0.2, -0.15) is 0 Å². The van der Waals surface area contributed by atoms with Crippen LogP contribution in [-0.2, 0) is 21.2 Å². The van der Waals surface area contributed by atoms with Crippen molar-refractivity contribution in [3.63, 3.8) is 0 Å². The van der Waals surface area contributed by atoms with Crippen molar-refractivity contribution in [1.82, 2.24) is 4.72 Å². The summed E-state index contributed by atoms with van der Waals surface area (Å²) in [6, 6.07) is 4.70. The maximum atomic E-state index is 13.0. The van der Waals surface area contributed by atoms with E-state index in [1.54, 1.807) is 12.1 Å². The molecule has 0 aromatic heterocycles. The van der Waals surface area contributed by atoms with Gasteiger partial charge in [-0.15, -0.1) is 0 Å². The van der Waals surface area contributed by atoms with Crippen LogP contribution in [0.5, 0.6) is 5.75 Å². The Bertz CT molecular complexity index is 1400. The quantitative estimate of drug-likeness (QED) is 0.353. The van der Waals surface area contributed by atoms with Crippen molar-refractivity contribution in [3.8, 4) is 5.75 Å². The molecule has 0 radical (unpaired) electrons. The van der Waals surface area contributed by atoms with Crippen molar-refractivity contribution in [2.45, 2.75) is 128 Å². The van der Waals surface area contributed by atoms with Crippen LogP contribution in [0.2, 0.25) is 0 Å². The number of nitrogens with one attached hydrogen (secondary N) is 1. The average molecular weight is 632 g/mol. The van der Waals surface area contributed by atoms with Crippen molar-refractivity contribution in [1.29, 1.82) is 0 Å². The molecule has 1 aromatic rings. The van der Waals surface area contributed by atoms with Gasteiger partial charge in [0.2, 0.25) is 0 Å². The van der Waals surface area contributed by atoms with Crippen LogP contribution in [0, 0.1) is 45.8 Å². The maximum Gasteiger partial charge on any atom is 0.421 e. The van der Waals surface area contributed by atoms with Crippen molar-refractivity contribution in [3.05, 3.63) is 23.8 Å². The molecule has 4 saturated carbocycles. The predicted octanol–water partition coefficient (Wildman–Crippen LogP) is 6.22. The number of hydrogen-bond donors (Lipinski definition) is 3. The molecule has 8 nitrogen and oxygen atoms in total. The Hall–Kier alpha value is -1.84. The molecule has 44 heavy (non-hydrogen) atoms. The first-order chi connectivity index (χ1) is 20.5. The minimum Gasteiger partial charge on any atom is -0.488 e. The van der Waals surface area contributed by atoms with Crippen molar-refractivity contribution >= 4 is 16.1 Å². The molecule has 9 heteroatoms. The van der Waals surface area contributed by atoms with Crippen LogP contribution in [0.4, 0.5) is 4.79 Å². The first-order valence-corrected chi connectivity index (χ1v) is 18.4. The van der Waals surface area contributed by atoms with E-state index in [1.807, 2.05) is 13.8 Å². The molecule has 0 saturated heterocycles. The number of rotatable bonds is 5. The summed E-state index contributed by atoms with van der Waals surface area (Å²) in [4.78, 5) is 12.8. The van der Waals surface area contributed by atoms with E-state index in [-0.39, 0.29) is 51.5 Å². The highest BCUT2D eigenvalue weighted by molar-refractivity contribution is 7.90. The Morgan fingerprint density at radius 3 is 2.45 bits per heavy atom. The summed E-state index contributed by atoms with van der Waals surface area (Å²) in [5, 5.41) is 22.1. The van der Waals surface area contributed by atoms with Gasteiger partial charge in [-0.3, -0.25) is 0 Å². The summed E-state index contributed by atoms with van der Waals surface area (Å²) < 4.78 is 39.7. The molecule has 1 aromatic carbocycles. The number of carbonyl (C=O) groups excluding carboxylic acids is 1. The van der Waals surface area contributed by atoms with E-state index >= 15 is 0 Å².